The summed E-state index contributed by atoms with van der Waals surface area (Å²) in [5.41, 5.74) is 3.26. The molecule has 25 heavy (non-hydrogen) atoms. The Balaban J connectivity index is 1.45. The monoisotopic (exact) mass is 408 g/mol. The van der Waals surface area contributed by atoms with Crippen molar-refractivity contribution in [3.8, 4) is 0 Å². The number of aryl methyl sites for hydroxylation is 3. The maximum atomic E-state index is 12.5. The Morgan fingerprint density at radius 2 is 1.96 bits per heavy atom. The van der Waals surface area contributed by atoms with Crippen LogP contribution < -0.4 is 0 Å². The van der Waals surface area contributed by atoms with Crippen LogP contribution in [-0.2, 0) is 24.9 Å². The lowest BCUT2D eigenvalue weighted by molar-refractivity contribution is -0.133. The van der Waals surface area contributed by atoms with Gasteiger partial charge in [0.1, 0.15) is 0 Å². The quantitative estimate of drug-likeness (QED) is 0.755. The third kappa shape index (κ3) is 4.30. The molecule has 2 aromatic heterocycles. The Morgan fingerprint density at radius 1 is 1.24 bits per heavy atom. The van der Waals surface area contributed by atoms with Gasteiger partial charge in [-0.3, -0.25) is 19.1 Å². The maximum absolute atomic E-state index is 12.5. The summed E-state index contributed by atoms with van der Waals surface area (Å²) >= 11 is 3.53. The van der Waals surface area contributed by atoms with Crippen LogP contribution in [0.1, 0.15) is 23.4 Å². The van der Waals surface area contributed by atoms with Gasteiger partial charge in [-0.25, -0.2) is 0 Å². The lowest BCUT2D eigenvalue weighted by Crippen LogP contribution is -2.48. The van der Waals surface area contributed by atoms with Crippen LogP contribution in [0.25, 0.3) is 0 Å². The first-order chi connectivity index (χ1) is 11.9. The minimum atomic E-state index is 0.213. The van der Waals surface area contributed by atoms with E-state index in [-0.39, 0.29) is 5.91 Å². The van der Waals surface area contributed by atoms with Crippen LogP contribution in [0.5, 0.6) is 0 Å². The minimum Gasteiger partial charge on any atom is -0.340 e. The zero-order chi connectivity index (χ0) is 18.0. The van der Waals surface area contributed by atoms with E-state index in [4.69, 9.17) is 0 Å². The highest BCUT2D eigenvalue weighted by Gasteiger charge is 2.21. The van der Waals surface area contributed by atoms with Crippen molar-refractivity contribution in [2.24, 2.45) is 7.05 Å². The molecule has 0 aliphatic carbocycles. The number of carbonyl (C=O) groups excluding carboxylic acids is 1. The molecule has 1 aliphatic heterocycles. The molecule has 0 spiro atoms. The second-order valence-electron chi connectivity index (χ2n) is 6.64. The molecule has 0 aromatic carbocycles. The molecule has 7 nitrogen and oxygen atoms in total. The molecule has 1 aliphatic rings. The van der Waals surface area contributed by atoms with E-state index in [1.807, 2.05) is 47.6 Å². The molecule has 0 atom stereocenters. The van der Waals surface area contributed by atoms with Crippen molar-refractivity contribution < 1.29 is 4.79 Å². The van der Waals surface area contributed by atoms with Gasteiger partial charge in [-0.15, -0.1) is 0 Å². The summed E-state index contributed by atoms with van der Waals surface area (Å²) in [7, 11) is 1.93. The Kier molecular flexibility index (Phi) is 5.58. The second kappa shape index (κ2) is 7.70. The highest BCUT2D eigenvalue weighted by Crippen LogP contribution is 2.20. The van der Waals surface area contributed by atoms with Crippen LogP contribution in [0.3, 0.4) is 0 Å². The molecule has 0 bridgehead atoms. The molecular formula is C17H25BrN6O. The Hall–Kier alpha value is -1.67. The number of nitrogens with zero attached hydrogens (tertiary/aromatic N) is 6. The maximum Gasteiger partial charge on any atom is 0.224 e. The van der Waals surface area contributed by atoms with Gasteiger partial charge < -0.3 is 4.90 Å². The number of rotatable bonds is 5. The fourth-order valence-corrected chi connectivity index (χ4v) is 3.50. The smallest absolute Gasteiger partial charge is 0.224 e. The van der Waals surface area contributed by atoms with Crippen LogP contribution in [0.15, 0.2) is 16.9 Å². The standard InChI is InChI=1S/C17H25BrN6O/c1-13-17(18)14(2)24(20-13)5-4-16(25)23-8-6-22(7-9-23)12-15-10-19-21(3)11-15/h10-11H,4-9,12H2,1-3H3. The van der Waals surface area contributed by atoms with E-state index in [9.17, 15) is 4.79 Å². The van der Waals surface area contributed by atoms with Gasteiger partial charge in [0.05, 0.1) is 22.9 Å². The Morgan fingerprint density at radius 3 is 2.52 bits per heavy atom. The van der Waals surface area contributed by atoms with Gasteiger partial charge in [0.25, 0.3) is 0 Å². The molecular weight excluding hydrogens is 384 g/mol. The molecule has 1 amide bonds. The summed E-state index contributed by atoms with van der Waals surface area (Å²) in [5.74, 6) is 0.213. The summed E-state index contributed by atoms with van der Waals surface area (Å²) in [6.07, 6.45) is 4.45. The number of piperazine rings is 1. The molecule has 3 rings (SSSR count). The van der Waals surface area contributed by atoms with Crippen molar-refractivity contribution in [2.75, 3.05) is 26.2 Å². The summed E-state index contributed by atoms with van der Waals surface area (Å²) in [5, 5.41) is 8.68. The van der Waals surface area contributed by atoms with E-state index in [1.165, 1.54) is 5.56 Å². The zero-order valence-corrected chi connectivity index (χ0v) is 16.7. The predicted octanol–water partition coefficient (Wildman–Crippen LogP) is 1.73. The van der Waals surface area contributed by atoms with Crippen molar-refractivity contribution in [1.29, 1.82) is 0 Å². The fourth-order valence-electron chi connectivity index (χ4n) is 3.22. The van der Waals surface area contributed by atoms with E-state index in [0.29, 0.717) is 13.0 Å². The molecule has 8 heteroatoms. The van der Waals surface area contributed by atoms with Crippen LogP contribution in [-0.4, -0.2) is 61.4 Å². The summed E-state index contributed by atoms with van der Waals surface area (Å²) in [6.45, 7) is 8.92. The highest BCUT2D eigenvalue weighted by molar-refractivity contribution is 9.10. The summed E-state index contributed by atoms with van der Waals surface area (Å²) in [4.78, 5) is 16.8. The molecule has 1 fully saturated rings. The molecule has 1 saturated heterocycles. The van der Waals surface area contributed by atoms with Gasteiger partial charge in [0, 0.05) is 63.6 Å². The van der Waals surface area contributed by atoms with Crippen molar-refractivity contribution in [3.05, 3.63) is 33.8 Å². The van der Waals surface area contributed by atoms with Gasteiger partial charge in [0.2, 0.25) is 5.91 Å². The van der Waals surface area contributed by atoms with Gasteiger partial charge in [-0.1, -0.05) is 0 Å². The number of carbonyl (C=O) groups is 1. The lowest BCUT2D eigenvalue weighted by atomic mass is 10.2. The summed E-state index contributed by atoms with van der Waals surface area (Å²) in [6, 6.07) is 0. The first-order valence-corrected chi connectivity index (χ1v) is 9.40. The van der Waals surface area contributed by atoms with Gasteiger partial charge in [-0.2, -0.15) is 10.2 Å². The topological polar surface area (TPSA) is 59.2 Å². The van der Waals surface area contributed by atoms with E-state index >= 15 is 0 Å². The van der Waals surface area contributed by atoms with Crippen LogP contribution >= 0.6 is 15.9 Å². The largest absolute Gasteiger partial charge is 0.340 e. The molecule has 0 unspecified atom stereocenters. The molecule has 136 valence electrons. The molecule has 3 heterocycles. The Bertz CT molecular complexity index is 744. The number of halogens is 1. The number of amides is 1. The van der Waals surface area contributed by atoms with E-state index < -0.39 is 0 Å². The van der Waals surface area contributed by atoms with E-state index in [1.54, 1.807) is 0 Å². The van der Waals surface area contributed by atoms with Gasteiger partial charge in [-0.05, 0) is 29.8 Å². The average molecular weight is 409 g/mol. The van der Waals surface area contributed by atoms with E-state index in [2.05, 4.69) is 31.0 Å². The van der Waals surface area contributed by atoms with Crippen LogP contribution in [0, 0.1) is 13.8 Å². The normalized spacial score (nSPS) is 15.8. The fraction of sp³-hybridized carbons (Fsp3) is 0.588. The number of hydrogen-bond donors (Lipinski definition) is 0. The first-order valence-electron chi connectivity index (χ1n) is 8.61. The van der Waals surface area contributed by atoms with Crippen LogP contribution in [0.4, 0.5) is 0 Å². The third-order valence-electron chi connectivity index (χ3n) is 4.72. The first kappa shape index (κ1) is 18.1. The van der Waals surface area contributed by atoms with Crippen molar-refractivity contribution in [3.63, 3.8) is 0 Å². The lowest BCUT2D eigenvalue weighted by Gasteiger charge is -2.34. The molecule has 0 saturated carbocycles. The number of aromatic nitrogens is 4. The zero-order valence-electron chi connectivity index (χ0n) is 15.1. The van der Waals surface area contributed by atoms with Gasteiger partial charge in [0.15, 0.2) is 0 Å². The summed E-state index contributed by atoms with van der Waals surface area (Å²) < 4.78 is 4.77. The Labute approximate surface area is 156 Å². The van der Waals surface area contributed by atoms with E-state index in [0.717, 1.165) is 48.6 Å². The number of hydrogen-bond acceptors (Lipinski definition) is 4. The van der Waals surface area contributed by atoms with Crippen molar-refractivity contribution in [1.82, 2.24) is 29.4 Å². The van der Waals surface area contributed by atoms with Crippen molar-refractivity contribution >= 4 is 21.8 Å². The average Bonchev–Trinajstić information content (AvgIpc) is 3.11. The predicted molar refractivity (Wildman–Crippen MR) is 99.1 cm³/mol. The highest BCUT2D eigenvalue weighted by atomic mass is 79.9. The SMILES string of the molecule is Cc1nn(CCC(=O)N2CCN(Cc3cnn(C)c3)CC2)c(C)c1Br. The molecule has 2 aromatic rings. The second-order valence-corrected chi connectivity index (χ2v) is 7.43. The van der Waals surface area contributed by atoms with Gasteiger partial charge >= 0.3 is 0 Å². The molecule has 0 N–H and O–H groups in total. The minimum absolute atomic E-state index is 0.213. The third-order valence-corrected chi connectivity index (χ3v) is 5.87. The van der Waals surface area contributed by atoms with Crippen LogP contribution in [0.2, 0.25) is 0 Å². The van der Waals surface area contributed by atoms with Crippen molar-refractivity contribution in [2.45, 2.75) is 33.4 Å². The molecule has 0 radical (unpaired) electrons.